The monoisotopic (exact) mass is 274 g/mol. The third kappa shape index (κ3) is 2.02. The molecule has 0 aliphatic carbocycles. The van der Waals surface area contributed by atoms with Crippen molar-refractivity contribution in [3.63, 3.8) is 0 Å². The summed E-state index contributed by atoms with van der Waals surface area (Å²) in [5.74, 6) is 2.00. The normalized spacial score (nSPS) is 11.3. The van der Waals surface area contributed by atoms with Gasteiger partial charge in [-0.1, -0.05) is 30.7 Å². The van der Waals surface area contributed by atoms with E-state index < -0.39 is 0 Å². The predicted octanol–water partition coefficient (Wildman–Crippen LogP) is 3.03. The molecular formula is C14H15ClN4. The van der Waals surface area contributed by atoms with Gasteiger partial charge in [-0.05, 0) is 12.1 Å². The molecule has 2 aromatic heterocycles. The fourth-order valence-electron chi connectivity index (χ4n) is 2.28. The first-order valence-electron chi connectivity index (χ1n) is 6.31. The number of hydrogen-bond acceptors (Lipinski definition) is 2. The van der Waals surface area contributed by atoms with Crippen LogP contribution in [0.4, 0.5) is 0 Å². The highest BCUT2D eigenvalue weighted by atomic mass is 35.5. The topological polar surface area (TPSA) is 35.6 Å². The van der Waals surface area contributed by atoms with Crippen LogP contribution in [0.25, 0.3) is 11.0 Å². The van der Waals surface area contributed by atoms with E-state index in [0.717, 1.165) is 29.1 Å². The molecule has 0 atom stereocenters. The third-order valence-electron chi connectivity index (χ3n) is 3.38. The van der Waals surface area contributed by atoms with Crippen molar-refractivity contribution in [2.24, 2.45) is 7.05 Å². The Kier molecular flexibility index (Phi) is 3.03. The lowest BCUT2D eigenvalue weighted by Crippen LogP contribution is -2.09. The summed E-state index contributed by atoms with van der Waals surface area (Å²) in [4.78, 5) is 9.01. The number of benzene rings is 1. The highest BCUT2D eigenvalue weighted by Crippen LogP contribution is 2.19. The maximum atomic E-state index is 6.04. The largest absolute Gasteiger partial charge is 0.321 e. The van der Waals surface area contributed by atoms with Gasteiger partial charge in [-0.25, -0.2) is 9.97 Å². The maximum Gasteiger partial charge on any atom is 0.129 e. The van der Waals surface area contributed by atoms with Gasteiger partial charge in [0, 0.05) is 13.5 Å². The molecule has 0 aliphatic rings. The molecule has 0 saturated heterocycles. The highest BCUT2D eigenvalue weighted by Gasteiger charge is 2.12. The Morgan fingerprint density at radius 1 is 1.21 bits per heavy atom. The Hall–Kier alpha value is -1.81. The summed E-state index contributed by atoms with van der Waals surface area (Å²) in [6.45, 7) is 2.80. The van der Waals surface area contributed by atoms with Gasteiger partial charge in [0.1, 0.15) is 16.8 Å². The average molecular weight is 275 g/mol. The van der Waals surface area contributed by atoms with E-state index in [1.165, 1.54) is 0 Å². The van der Waals surface area contributed by atoms with Crippen molar-refractivity contribution in [2.75, 3.05) is 0 Å². The summed E-state index contributed by atoms with van der Waals surface area (Å²) in [6, 6.07) is 8.17. The third-order valence-corrected chi connectivity index (χ3v) is 3.73. The Balaban J connectivity index is 2.11. The minimum Gasteiger partial charge on any atom is -0.321 e. The van der Waals surface area contributed by atoms with E-state index in [1.807, 2.05) is 29.8 Å². The molecule has 0 radical (unpaired) electrons. The lowest BCUT2D eigenvalue weighted by atomic mass is 10.3. The van der Waals surface area contributed by atoms with E-state index in [-0.39, 0.29) is 0 Å². The molecule has 1 aromatic carbocycles. The van der Waals surface area contributed by atoms with Gasteiger partial charge >= 0.3 is 0 Å². The maximum absolute atomic E-state index is 6.04. The second-order valence-corrected chi connectivity index (χ2v) is 4.90. The van der Waals surface area contributed by atoms with Crippen LogP contribution in [0.2, 0.25) is 5.15 Å². The molecule has 5 heteroatoms. The van der Waals surface area contributed by atoms with Crippen molar-refractivity contribution < 1.29 is 0 Å². The molecule has 0 amide bonds. The highest BCUT2D eigenvalue weighted by molar-refractivity contribution is 6.29. The van der Waals surface area contributed by atoms with Gasteiger partial charge in [0.15, 0.2) is 0 Å². The summed E-state index contributed by atoms with van der Waals surface area (Å²) in [7, 11) is 1.93. The number of fused-ring (bicyclic) bond motifs is 1. The van der Waals surface area contributed by atoms with E-state index in [0.29, 0.717) is 11.7 Å². The fraction of sp³-hybridized carbons (Fsp3) is 0.286. The molecule has 4 nitrogen and oxygen atoms in total. The zero-order valence-corrected chi connectivity index (χ0v) is 11.7. The SMILES string of the molecule is CCc1nc2ccccc2n1Cc1ncc(Cl)n1C. The number of aromatic nitrogens is 4. The van der Waals surface area contributed by atoms with E-state index >= 15 is 0 Å². The molecule has 0 fully saturated rings. The number of hydrogen-bond donors (Lipinski definition) is 0. The number of imidazole rings is 2. The molecule has 0 spiro atoms. The minimum atomic E-state index is 0.650. The van der Waals surface area contributed by atoms with Gasteiger partial charge < -0.3 is 9.13 Å². The smallest absolute Gasteiger partial charge is 0.129 e. The first kappa shape index (κ1) is 12.2. The van der Waals surface area contributed by atoms with Gasteiger partial charge in [0.2, 0.25) is 0 Å². The second kappa shape index (κ2) is 4.70. The second-order valence-electron chi connectivity index (χ2n) is 4.51. The van der Waals surface area contributed by atoms with Crippen molar-refractivity contribution in [2.45, 2.75) is 19.9 Å². The lowest BCUT2D eigenvalue weighted by molar-refractivity contribution is 0.682. The average Bonchev–Trinajstić information content (AvgIpc) is 2.94. The van der Waals surface area contributed by atoms with E-state index in [4.69, 9.17) is 11.6 Å². The number of aryl methyl sites for hydroxylation is 1. The quantitative estimate of drug-likeness (QED) is 0.736. The molecule has 0 N–H and O–H groups in total. The van der Waals surface area contributed by atoms with Gasteiger partial charge in [-0.15, -0.1) is 0 Å². The predicted molar refractivity (Wildman–Crippen MR) is 76.4 cm³/mol. The lowest BCUT2D eigenvalue weighted by Gasteiger charge is -2.08. The van der Waals surface area contributed by atoms with Crippen LogP contribution in [-0.4, -0.2) is 19.1 Å². The summed E-state index contributed by atoms with van der Waals surface area (Å²) < 4.78 is 4.10. The molecule has 0 unspecified atom stereocenters. The molecule has 98 valence electrons. The van der Waals surface area contributed by atoms with Crippen LogP contribution in [0.5, 0.6) is 0 Å². The van der Waals surface area contributed by atoms with Crippen molar-refractivity contribution in [3.05, 3.63) is 47.3 Å². The van der Waals surface area contributed by atoms with Gasteiger partial charge in [0.05, 0.1) is 23.8 Å². The molecule has 0 saturated carbocycles. The summed E-state index contributed by atoms with van der Waals surface area (Å²) in [5, 5.41) is 0.650. The van der Waals surface area contributed by atoms with Gasteiger partial charge in [-0.2, -0.15) is 0 Å². The van der Waals surface area contributed by atoms with Crippen LogP contribution < -0.4 is 0 Å². The molecular weight excluding hydrogens is 260 g/mol. The van der Waals surface area contributed by atoms with Crippen LogP contribution in [-0.2, 0) is 20.0 Å². The van der Waals surface area contributed by atoms with Crippen molar-refractivity contribution in [1.29, 1.82) is 0 Å². The first-order valence-corrected chi connectivity index (χ1v) is 6.68. The van der Waals surface area contributed by atoms with Crippen molar-refractivity contribution in [1.82, 2.24) is 19.1 Å². The number of rotatable bonds is 3. The summed E-state index contributed by atoms with van der Waals surface area (Å²) in [5.41, 5.74) is 2.16. The molecule has 0 aliphatic heterocycles. The Morgan fingerprint density at radius 2 is 2.00 bits per heavy atom. The Labute approximate surface area is 116 Å². The van der Waals surface area contributed by atoms with E-state index in [1.54, 1.807) is 6.20 Å². The first-order chi connectivity index (χ1) is 9.20. The molecule has 2 heterocycles. The van der Waals surface area contributed by atoms with Crippen molar-refractivity contribution in [3.8, 4) is 0 Å². The van der Waals surface area contributed by atoms with Gasteiger partial charge in [0.25, 0.3) is 0 Å². The van der Waals surface area contributed by atoms with E-state index in [2.05, 4.69) is 27.5 Å². The number of nitrogens with zero attached hydrogens (tertiary/aromatic N) is 4. The van der Waals surface area contributed by atoms with Gasteiger partial charge in [-0.3, -0.25) is 0 Å². The molecule has 0 bridgehead atoms. The van der Waals surface area contributed by atoms with Crippen LogP contribution in [0, 0.1) is 0 Å². The summed E-state index contributed by atoms with van der Waals surface area (Å²) in [6.07, 6.45) is 2.58. The minimum absolute atomic E-state index is 0.650. The van der Waals surface area contributed by atoms with Crippen LogP contribution in [0.3, 0.4) is 0 Å². The van der Waals surface area contributed by atoms with E-state index in [9.17, 15) is 0 Å². The Morgan fingerprint density at radius 3 is 2.68 bits per heavy atom. The number of halogens is 1. The van der Waals surface area contributed by atoms with Crippen LogP contribution in [0.15, 0.2) is 30.5 Å². The Bertz CT molecular complexity index is 726. The summed E-state index contributed by atoms with van der Waals surface area (Å²) >= 11 is 6.04. The standard InChI is InChI=1S/C14H15ClN4/c1-3-13-17-10-6-4-5-7-11(10)19(13)9-14-16-8-12(15)18(14)2/h4-8H,3,9H2,1-2H3. The zero-order chi connectivity index (χ0) is 13.4. The van der Waals surface area contributed by atoms with Crippen molar-refractivity contribution >= 4 is 22.6 Å². The zero-order valence-electron chi connectivity index (χ0n) is 11.0. The fourth-order valence-corrected chi connectivity index (χ4v) is 2.43. The number of para-hydroxylation sites is 2. The van der Waals surface area contributed by atoms with Crippen LogP contribution >= 0.6 is 11.6 Å². The molecule has 19 heavy (non-hydrogen) atoms. The van der Waals surface area contributed by atoms with Crippen LogP contribution in [0.1, 0.15) is 18.6 Å². The molecule has 3 aromatic rings. The molecule has 3 rings (SSSR count).